The summed E-state index contributed by atoms with van der Waals surface area (Å²) in [5.74, 6) is -0.549. The maximum Gasteiger partial charge on any atom is 0.495 e. The molecule has 1 saturated heterocycles. The summed E-state index contributed by atoms with van der Waals surface area (Å²) >= 11 is 3.56. The Kier molecular flexibility index (Phi) is 7.88. The second-order valence-corrected chi connectivity index (χ2v) is 10.2. The molecule has 0 aliphatic carbocycles. The third-order valence-corrected chi connectivity index (χ3v) is 6.11. The minimum atomic E-state index is -0.897. The number of nitrogens with one attached hydrogen (secondary N) is 1. The first-order chi connectivity index (χ1) is 14.2. The van der Waals surface area contributed by atoms with Crippen molar-refractivity contribution < 1.29 is 28.4 Å². The number of carbonyl (C=O) groups excluding carboxylic acids is 2. The van der Waals surface area contributed by atoms with Crippen LogP contribution in [0.2, 0.25) is 0 Å². The highest BCUT2D eigenvalue weighted by Gasteiger charge is 2.52. The lowest BCUT2D eigenvalue weighted by Gasteiger charge is -2.32. The van der Waals surface area contributed by atoms with Gasteiger partial charge in [-0.15, -0.1) is 0 Å². The number of halogens is 1. The number of carbonyl (C=O) groups is 2. The number of alkyl carbamates (subject to hydrolysis) is 1. The second kappa shape index (κ2) is 9.51. The molecular weight excluding hydrogens is 465 g/mol. The van der Waals surface area contributed by atoms with Gasteiger partial charge in [-0.1, -0.05) is 34.1 Å². The Morgan fingerprint density at radius 2 is 1.74 bits per heavy atom. The Morgan fingerprint density at radius 3 is 2.23 bits per heavy atom. The third-order valence-electron chi connectivity index (χ3n) is 5.55. The highest BCUT2D eigenvalue weighted by Crippen LogP contribution is 2.37. The summed E-state index contributed by atoms with van der Waals surface area (Å²) in [6.45, 7) is 13.3. The summed E-state index contributed by atoms with van der Waals surface area (Å²) in [4.78, 5) is 24.6. The number of rotatable bonds is 6. The summed E-state index contributed by atoms with van der Waals surface area (Å²) in [5.41, 5.74) is 1.08. The lowest BCUT2D eigenvalue weighted by atomic mass is 9.74. The van der Waals surface area contributed by atoms with Crippen molar-refractivity contribution in [2.24, 2.45) is 0 Å². The third kappa shape index (κ3) is 6.23. The van der Waals surface area contributed by atoms with E-state index < -0.39 is 42.0 Å². The molecule has 9 heteroatoms. The smallest absolute Gasteiger partial charge is 0.467 e. The van der Waals surface area contributed by atoms with E-state index >= 15 is 0 Å². The molecule has 7 nitrogen and oxygen atoms in total. The number of methoxy groups -OCH3 is 1. The molecule has 1 atom stereocenters. The molecule has 1 N–H and O–H groups in total. The van der Waals surface area contributed by atoms with Gasteiger partial charge in [-0.25, -0.2) is 9.59 Å². The van der Waals surface area contributed by atoms with Gasteiger partial charge in [0.1, 0.15) is 11.6 Å². The van der Waals surface area contributed by atoms with E-state index in [0.717, 1.165) is 16.6 Å². The minimum absolute atomic E-state index is 0.236. The Hall–Kier alpha value is -1.58. The fourth-order valence-electron chi connectivity index (χ4n) is 3.20. The summed E-state index contributed by atoms with van der Waals surface area (Å²) in [6.07, 6.45) is -0.439. The lowest BCUT2D eigenvalue weighted by molar-refractivity contribution is -0.143. The van der Waals surface area contributed by atoms with Gasteiger partial charge in [0.2, 0.25) is 0 Å². The largest absolute Gasteiger partial charge is 0.495 e. The first-order valence-electron chi connectivity index (χ1n) is 10.3. The van der Waals surface area contributed by atoms with Crippen molar-refractivity contribution in [1.82, 2.24) is 5.32 Å². The topological polar surface area (TPSA) is 83.1 Å². The molecule has 1 aliphatic heterocycles. The van der Waals surface area contributed by atoms with Crippen LogP contribution >= 0.6 is 15.9 Å². The number of hydrogen-bond acceptors (Lipinski definition) is 6. The molecule has 1 aromatic carbocycles. The Bertz CT molecular complexity index is 805. The second-order valence-electron chi connectivity index (χ2n) is 9.63. The summed E-state index contributed by atoms with van der Waals surface area (Å²) in [6, 6.07) is 4.87. The van der Waals surface area contributed by atoms with Crippen LogP contribution in [0.3, 0.4) is 0 Å². The Labute approximate surface area is 193 Å². The molecule has 2 rings (SSSR count). The van der Waals surface area contributed by atoms with Crippen LogP contribution in [0.15, 0.2) is 18.2 Å². The van der Waals surface area contributed by atoms with Gasteiger partial charge in [0.05, 0.1) is 18.3 Å². The normalized spacial score (nSPS) is 18.4. The van der Waals surface area contributed by atoms with E-state index in [4.69, 9.17) is 18.8 Å². The average molecular weight is 498 g/mol. The predicted octanol–water partition coefficient (Wildman–Crippen LogP) is 3.49. The van der Waals surface area contributed by atoms with Gasteiger partial charge in [0, 0.05) is 11.8 Å². The van der Waals surface area contributed by atoms with E-state index in [1.54, 1.807) is 20.8 Å². The summed E-state index contributed by atoms with van der Waals surface area (Å²) in [5, 5.41) is 3.16. The van der Waals surface area contributed by atoms with Crippen LogP contribution < -0.4 is 10.8 Å². The molecule has 0 radical (unpaired) electrons. The minimum Gasteiger partial charge on any atom is -0.467 e. The number of amides is 1. The Balaban J connectivity index is 2.31. The zero-order chi connectivity index (χ0) is 23.6. The van der Waals surface area contributed by atoms with Gasteiger partial charge in [0.15, 0.2) is 0 Å². The van der Waals surface area contributed by atoms with Crippen molar-refractivity contribution in [1.29, 1.82) is 0 Å². The van der Waals surface area contributed by atoms with E-state index in [-0.39, 0.29) is 6.42 Å². The monoisotopic (exact) mass is 497 g/mol. The zero-order valence-electron chi connectivity index (χ0n) is 19.6. The quantitative estimate of drug-likeness (QED) is 0.368. The van der Waals surface area contributed by atoms with Crippen molar-refractivity contribution in [3.05, 3.63) is 29.3 Å². The molecule has 1 amide bonds. The lowest BCUT2D eigenvalue weighted by Crippen LogP contribution is -2.45. The van der Waals surface area contributed by atoms with Crippen LogP contribution in [-0.4, -0.2) is 49.1 Å². The molecule has 1 fully saturated rings. The number of alkyl halides is 1. The molecule has 0 bridgehead atoms. The zero-order valence-corrected chi connectivity index (χ0v) is 21.2. The summed E-state index contributed by atoms with van der Waals surface area (Å²) < 4.78 is 22.6. The van der Waals surface area contributed by atoms with Gasteiger partial charge in [-0.2, -0.15) is 0 Å². The van der Waals surface area contributed by atoms with Gasteiger partial charge in [-0.3, -0.25) is 0 Å². The fraction of sp³-hybridized carbons (Fsp3) is 0.636. The van der Waals surface area contributed by atoms with E-state index in [0.29, 0.717) is 5.33 Å². The number of benzene rings is 1. The SMILES string of the molecule is COC(=O)[C@H](Cc1cccc(B2OC(C)(C)C(C)(C)O2)c1CBr)NC(=O)OC(C)(C)C. The highest BCUT2D eigenvalue weighted by atomic mass is 79.9. The predicted molar refractivity (Wildman–Crippen MR) is 124 cm³/mol. The molecule has 172 valence electrons. The molecule has 31 heavy (non-hydrogen) atoms. The van der Waals surface area contributed by atoms with Crippen LogP contribution in [0.4, 0.5) is 4.79 Å². The van der Waals surface area contributed by atoms with Gasteiger partial charge >= 0.3 is 19.2 Å². The number of hydrogen-bond donors (Lipinski definition) is 1. The Morgan fingerprint density at radius 1 is 1.16 bits per heavy atom. The molecular formula is C22H33BBrNO6. The highest BCUT2D eigenvalue weighted by molar-refractivity contribution is 9.08. The molecule has 1 aromatic rings. The van der Waals surface area contributed by atoms with E-state index in [2.05, 4.69) is 21.2 Å². The van der Waals surface area contributed by atoms with Crippen LogP contribution in [-0.2, 0) is 35.3 Å². The van der Waals surface area contributed by atoms with E-state index in [1.165, 1.54) is 7.11 Å². The fourth-order valence-corrected chi connectivity index (χ4v) is 3.89. The molecule has 1 heterocycles. The van der Waals surface area contributed by atoms with E-state index in [1.807, 2.05) is 45.9 Å². The van der Waals surface area contributed by atoms with Gasteiger partial charge in [-0.05, 0) is 65.1 Å². The maximum absolute atomic E-state index is 12.4. The van der Waals surface area contributed by atoms with Crippen LogP contribution in [0, 0.1) is 0 Å². The molecule has 0 unspecified atom stereocenters. The van der Waals surface area contributed by atoms with Crippen LogP contribution in [0.1, 0.15) is 59.6 Å². The van der Waals surface area contributed by atoms with Crippen molar-refractivity contribution in [3.8, 4) is 0 Å². The van der Waals surface area contributed by atoms with Crippen LogP contribution in [0.5, 0.6) is 0 Å². The standard InChI is InChI=1S/C22H33BBrNO6/c1-20(2,3)29-19(27)25-17(18(26)28-8)12-14-10-9-11-16(15(14)13-24)23-30-21(4,5)22(6,7)31-23/h9-11,17H,12-13H2,1-8H3,(H,25,27)/t17-/m0/s1. The van der Waals surface area contributed by atoms with Crippen LogP contribution in [0.25, 0.3) is 0 Å². The van der Waals surface area contributed by atoms with Gasteiger partial charge in [0.25, 0.3) is 0 Å². The molecule has 0 aromatic heterocycles. The number of ether oxygens (including phenoxy) is 2. The first kappa shape index (κ1) is 25.7. The van der Waals surface area contributed by atoms with Crippen molar-refractivity contribution in [2.75, 3.05) is 7.11 Å². The first-order valence-corrected chi connectivity index (χ1v) is 11.4. The maximum atomic E-state index is 12.4. The van der Waals surface area contributed by atoms with Crippen molar-refractivity contribution in [2.45, 2.75) is 83.1 Å². The van der Waals surface area contributed by atoms with Gasteiger partial charge < -0.3 is 24.1 Å². The molecule has 0 spiro atoms. The molecule has 1 aliphatic rings. The molecule has 0 saturated carbocycles. The number of esters is 1. The summed E-state index contributed by atoms with van der Waals surface area (Å²) in [7, 11) is 0.756. The van der Waals surface area contributed by atoms with Crippen molar-refractivity contribution in [3.63, 3.8) is 0 Å². The average Bonchev–Trinajstić information content (AvgIpc) is 2.86. The van der Waals surface area contributed by atoms with Crippen molar-refractivity contribution >= 4 is 40.6 Å². The van der Waals surface area contributed by atoms with E-state index in [9.17, 15) is 9.59 Å².